The molecule has 0 atom stereocenters. The highest BCUT2D eigenvalue weighted by Gasteiger charge is 2.24. The molecule has 0 radical (unpaired) electrons. The number of carbonyl (C=O) groups excluding carboxylic acids is 1. The summed E-state index contributed by atoms with van der Waals surface area (Å²) in [6.45, 7) is 4.78. The Bertz CT molecular complexity index is 442. The number of nitrogens with zero attached hydrogens (tertiary/aromatic N) is 1. The van der Waals surface area contributed by atoms with Crippen molar-refractivity contribution in [1.29, 1.82) is 0 Å². The van der Waals surface area contributed by atoms with Crippen molar-refractivity contribution in [2.75, 3.05) is 6.54 Å². The van der Waals surface area contributed by atoms with E-state index >= 15 is 0 Å². The minimum Gasteiger partial charge on any atom is -0.371 e. The van der Waals surface area contributed by atoms with E-state index in [-0.39, 0.29) is 17.4 Å². The lowest BCUT2D eigenvalue weighted by molar-refractivity contribution is 0.0714. The molecule has 0 saturated carbocycles. The number of nitrogens with one attached hydrogen (secondary N) is 1. The molecular formula is C10H14N2O3. The van der Waals surface area contributed by atoms with Gasteiger partial charge >= 0.3 is 0 Å². The Morgan fingerprint density at radius 2 is 2.27 bits per heavy atom. The summed E-state index contributed by atoms with van der Waals surface area (Å²) in [5.41, 5.74) is 0.355. The normalized spacial score (nSPS) is 15.4. The second-order valence-electron chi connectivity index (χ2n) is 4.01. The zero-order chi connectivity index (χ0) is 11.0. The van der Waals surface area contributed by atoms with E-state index in [1.807, 2.05) is 0 Å². The molecule has 1 aliphatic rings. The molecule has 15 heavy (non-hydrogen) atoms. The molecule has 0 aromatic carbocycles. The zero-order valence-corrected chi connectivity index (χ0v) is 8.87. The van der Waals surface area contributed by atoms with Crippen LogP contribution in [0.1, 0.15) is 30.0 Å². The first-order valence-corrected chi connectivity index (χ1v) is 5.10. The van der Waals surface area contributed by atoms with Gasteiger partial charge in [-0.25, -0.2) is 0 Å². The SMILES string of the molecule is CC(C)C(=O)n1oc2c(c1=O)CCNC2. The minimum atomic E-state index is -0.287. The van der Waals surface area contributed by atoms with E-state index in [1.165, 1.54) is 0 Å². The maximum absolute atomic E-state index is 11.8. The predicted octanol–water partition coefficient (Wildman–Crippen LogP) is 0.383. The highest BCUT2D eigenvalue weighted by atomic mass is 16.5. The van der Waals surface area contributed by atoms with Crippen LogP contribution in [0.25, 0.3) is 0 Å². The molecule has 1 N–H and O–H groups in total. The molecule has 0 spiro atoms. The molecule has 1 aromatic rings. The number of aromatic nitrogens is 1. The summed E-state index contributed by atoms with van der Waals surface area (Å²) in [6.07, 6.45) is 0.635. The van der Waals surface area contributed by atoms with Crippen molar-refractivity contribution in [3.05, 3.63) is 21.7 Å². The standard InChI is InChI=1S/C10H14N2O3/c1-6(2)9(13)12-10(14)7-3-4-11-5-8(7)15-12/h6,11H,3-5H2,1-2H3. The van der Waals surface area contributed by atoms with E-state index in [0.29, 0.717) is 24.3 Å². The quantitative estimate of drug-likeness (QED) is 0.728. The summed E-state index contributed by atoms with van der Waals surface area (Å²) in [6, 6.07) is 0. The molecule has 0 bridgehead atoms. The molecule has 0 saturated heterocycles. The fourth-order valence-electron chi connectivity index (χ4n) is 1.63. The zero-order valence-electron chi connectivity index (χ0n) is 8.87. The fourth-order valence-corrected chi connectivity index (χ4v) is 1.63. The lowest BCUT2D eigenvalue weighted by Gasteiger charge is -2.07. The van der Waals surface area contributed by atoms with Crippen LogP contribution in [0.2, 0.25) is 0 Å². The highest BCUT2D eigenvalue weighted by Crippen LogP contribution is 2.11. The number of fused-ring (bicyclic) bond motifs is 1. The number of hydrogen-bond acceptors (Lipinski definition) is 4. The number of rotatable bonds is 1. The third kappa shape index (κ3) is 1.63. The van der Waals surface area contributed by atoms with Gasteiger partial charge in [0, 0.05) is 5.92 Å². The fraction of sp³-hybridized carbons (Fsp3) is 0.600. The molecule has 5 nitrogen and oxygen atoms in total. The summed E-state index contributed by atoms with van der Waals surface area (Å²) in [5.74, 6) is 0.0814. The first-order valence-electron chi connectivity index (χ1n) is 5.10. The number of carbonyl (C=O) groups is 1. The van der Waals surface area contributed by atoms with E-state index in [9.17, 15) is 9.59 Å². The van der Waals surface area contributed by atoms with E-state index in [2.05, 4.69) is 5.32 Å². The van der Waals surface area contributed by atoms with Crippen LogP contribution in [0, 0.1) is 5.92 Å². The average Bonchev–Trinajstić information content (AvgIpc) is 2.56. The third-order valence-corrected chi connectivity index (χ3v) is 2.51. The van der Waals surface area contributed by atoms with Crippen LogP contribution in [0.5, 0.6) is 0 Å². The molecule has 1 aromatic heterocycles. The van der Waals surface area contributed by atoms with Gasteiger partial charge in [0.2, 0.25) is 0 Å². The lowest BCUT2D eigenvalue weighted by Crippen LogP contribution is -2.30. The van der Waals surface area contributed by atoms with Gasteiger partial charge in [0.25, 0.3) is 11.5 Å². The van der Waals surface area contributed by atoms with Crippen molar-refractivity contribution in [3.63, 3.8) is 0 Å². The van der Waals surface area contributed by atoms with Crippen LogP contribution in [-0.2, 0) is 13.0 Å². The molecule has 0 fully saturated rings. The summed E-state index contributed by atoms with van der Waals surface area (Å²) in [4.78, 5) is 23.4. The average molecular weight is 210 g/mol. The second-order valence-corrected chi connectivity index (χ2v) is 4.01. The van der Waals surface area contributed by atoms with Crippen molar-refractivity contribution in [2.24, 2.45) is 5.92 Å². The van der Waals surface area contributed by atoms with Crippen molar-refractivity contribution >= 4 is 5.91 Å². The van der Waals surface area contributed by atoms with Gasteiger partial charge in [-0.15, -0.1) is 4.74 Å². The van der Waals surface area contributed by atoms with E-state index in [0.717, 1.165) is 11.3 Å². The monoisotopic (exact) mass is 210 g/mol. The van der Waals surface area contributed by atoms with Gasteiger partial charge in [0.05, 0.1) is 12.1 Å². The first-order chi connectivity index (χ1) is 7.11. The van der Waals surface area contributed by atoms with Gasteiger partial charge in [-0.2, -0.15) is 0 Å². The summed E-state index contributed by atoms with van der Waals surface area (Å²) in [7, 11) is 0. The van der Waals surface area contributed by atoms with E-state index in [4.69, 9.17) is 4.52 Å². The largest absolute Gasteiger partial charge is 0.371 e. The van der Waals surface area contributed by atoms with Crippen LogP contribution in [0.4, 0.5) is 0 Å². The van der Waals surface area contributed by atoms with Crippen molar-refractivity contribution in [2.45, 2.75) is 26.8 Å². The molecule has 5 heteroatoms. The van der Waals surface area contributed by atoms with Crippen LogP contribution < -0.4 is 10.9 Å². The smallest absolute Gasteiger partial charge is 0.293 e. The Labute approximate surface area is 87.0 Å². The summed E-state index contributed by atoms with van der Waals surface area (Å²) >= 11 is 0. The van der Waals surface area contributed by atoms with Crippen LogP contribution in [-0.4, -0.2) is 17.2 Å². The highest BCUT2D eigenvalue weighted by molar-refractivity contribution is 5.79. The van der Waals surface area contributed by atoms with Gasteiger partial charge in [0.1, 0.15) is 0 Å². The Hall–Kier alpha value is -1.36. The first kappa shape index (κ1) is 10.2. The topological polar surface area (TPSA) is 64.2 Å². The second kappa shape index (κ2) is 3.66. The van der Waals surface area contributed by atoms with E-state index < -0.39 is 0 Å². The van der Waals surface area contributed by atoms with Crippen LogP contribution in [0.15, 0.2) is 9.32 Å². The van der Waals surface area contributed by atoms with Crippen molar-refractivity contribution in [3.8, 4) is 0 Å². The summed E-state index contributed by atoms with van der Waals surface area (Å²) in [5, 5.41) is 3.09. The lowest BCUT2D eigenvalue weighted by atomic mass is 10.1. The Kier molecular flexibility index (Phi) is 2.48. The molecule has 1 aliphatic heterocycles. The molecular weight excluding hydrogens is 196 g/mol. The predicted molar refractivity (Wildman–Crippen MR) is 53.8 cm³/mol. The van der Waals surface area contributed by atoms with Gasteiger partial charge < -0.3 is 9.84 Å². The van der Waals surface area contributed by atoms with Crippen LogP contribution in [0.3, 0.4) is 0 Å². The maximum Gasteiger partial charge on any atom is 0.293 e. The minimum absolute atomic E-state index is 0.233. The number of hydrogen-bond donors (Lipinski definition) is 1. The molecule has 2 heterocycles. The van der Waals surface area contributed by atoms with Gasteiger partial charge in [-0.3, -0.25) is 9.59 Å². The maximum atomic E-state index is 11.8. The molecule has 82 valence electrons. The van der Waals surface area contributed by atoms with Gasteiger partial charge in [-0.1, -0.05) is 13.8 Å². The van der Waals surface area contributed by atoms with Gasteiger partial charge in [-0.05, 0) is 13.0 Å². The third-order valence-electron chi connectivity index (χ3n) is 2.51. The Morgan fingerprint density at radius 1 is 1.53 bits per heavy atom. The van der Waals surface area contributed by atoms with E-state index in [1.54, 1.807) is 13.8 Å². The van der Waals surface area contributed by atoms with Crippen molar-refractivity contribution in [1.82, 2.24) is 10.1 Å². The Morgan fingerprint density at radius 3 is 2.87 bits per heavy atom. The van der Waals surface area contributed by atoms with Crippen molar-refractivity contribution < 1.29 is 9.32 Å². The molecule has 0 aliphatic carbocycles. The molecule has 0 amide bonds. The Balaban J connectivity index is 2.46. The summed E-state index contributed by atoms with van der Waals surface area (Å²) < 4.78 is 6.14. The molecule has 2 rings (SSSR count). The van der Waals surface area contributed by atoms with Crippen LogP contribution >= 0.6 is 0 Å². The van der Waals surface area contributed by atoms with Gasteiger partial charge in [0.15, 0.2) is 5.76 Å². The molecule has 0 unspecified atom stereocenters.